The van der Waals surface area contributed by atoms with Gasteiger partial charge in [0.15, 0.2) is 0 Å². The minimum Gasteiger partial charge on any atom is -0.497 e. The molecule has 2 atom stereocenters. The summed E-state index contributed by atoms with van der Waals surface area (Å²) < 4.78 is 11.3. The molecule has 1 aromatic carbocycles. The van der Waals surface area contributed by atoms with E-state index in [0.717, 1.165) is 37.3 Å². The first-order valence-electron chi connectivity index (χ1n) is 11.9. The average molecular weight is 475 g/mol. The van der Waals surface area contributed by atoms with Crippen molar-refractivity contribution in [1.82, 2.24) is 9.80 Å². The number of methoxy groups -OCH3 is 1. The van der Waals surface area contributed by atoms with Crippen molar-refractivity contribution < 1.29 is 19.4 Å². The van der Waals surface area contributed by atoms with Crippen LogP contribution in [-0.2, 0) is 11.2 Å². The molecule has 182 valence electrons. The largest absolute Gasteiger partial charge is 0.497 e. The highest BCUT2D eigenvalue weighted by atomic mass is 32.1. The minimum atomic E-state index is -0.402. The summed E-state index contributed by atoms with van der Waals surface area (Å²) in [6, 6.07) is 9.54. The maximum atomic E-state index is 13.5. The molecule has 1 aromatic heterocycles. The Morgan fingerprint density at radius 1 is 1.21 bits per heavy atom. The van der Waals surface area contributed by atoms with Crippen molar-refractivity contribution in [2.45, 2.75) is 52.2 Å². The topological polar surface area (TPSA) is 62.2 Å². The van der Waals surface area contributed by atoms with Crippen LogP contribution in [0.25, 0.3) is 0 Å². The van der Waals surface area contributed by atoms with Crippen molar-refractivity contribution in [2.75, 3.05) is 39.9 Å². The molecule has 0 saturated heterocycles. The minimum absolute atomic E-state index is 0.0968. The quantitative estimate of drug-likeness (QED) is 0.495. The molecule has 0 aliphatic carbocycles. The predicted molar refractivity (Wildman–Crippen MR) is 133 cm³/mol. The fourth-order valence-corrected chi connectivity index (χ4v) is 5.37. The number of carbonyl (C=O) groups excluding carboxylic acids is 1. The van der Waals surface area contributed by atoms with Crippen LogP contribution in [0.4, 0.5) is 0 Å². The van der Waals surface area contributed by atoms with Gasteiger partial charge < -0.3 is 19.5 Å². The van der Waals surface area contributed by atoms with E-state index in [4.69, 9.17) is 9.47 Å². The summed E-state index contributed by atoms with van der Waals surface area (Å²) >= 11 is 1.75. The van der Waals surface area contributed by atoms with Crippen LogP contribution in [0.1, 0.15) is 50.1 Å². The van der Waals surface area contributed by atoms with Gasteiger partial charge in [0.2, 0.25) is 5.91 Å². The third kappa shape index (κ3) is 7.19. The van der Waals surface area contributed by atoms with Gasteiger partial charge in [-0.25, -0.2) is 0 Å². The first-order valence-corrected chi connectivity index (χ1v) is 12.8. The van der Waals surface area contributed by atoms with Crippen LogP contribution >= 0.6 is 11.3 Å². The second kappa shape index (κ2) is 12.4. The molecule has 2 aromatic rings. The van der Waals surface area contributed by atoms with Gasteiger partial charge in [0.1, 0.15) is 18.1 Å². The van der Waals surface area contributed by atoms with Gasteiger partial charge >= 0.3 is 0 Å². The maximum absolute atomic E-state index is 13.5. The number of hydrogen-bond donors (Lipinski definition) is 1. The molecule has 0 saturated carbocycles. The fraction of sp³-hybridized carbons (Fsp3) is 0.577. The lowest BCUT2D eigenvalue weighted by Crippen LogP contribution is -2.48. The van der Waals surface area contributed by atoms with Crippen LogP contribution < -0.4 is 9.47 Å². The maximum Gasteiger partial charge on any atom is 0.237 e. The zero-order valence-electron chi connectivity index (χ0n) is 20.3. The van der Waals surface area contributed by atoms with Crippen LogP contribution in [0.15, 0.2) is 35.7 Å². The van der Waals surface area contributed by atoms with E-state index in [1.165, 1.54) is 10.4 Å². The number of thiophene rings is 1. The Labute approximate surface area is 202 Å². The van der Waals surface area contributed by atoms with Crippen molar-refractivity contribution >= 4 is 17.2 Å². The number of hydrogen-bond acceptors (Lipinski definition) is 6. The van der Waals surface area contributed by atoms with Crippen LogP contribution in [0.2, 0.25) is 0 Å². The lowest BCUT2D eigenvalue weighted by molar-refractivity contribution is -0.136. The Bertz CT molecular complexity index is 867. The van der Waals surface area contributed by atoms with E-state index in [1.807, 2.05) is 29.2 Å². The third-order valence-corrected chi connectivity index (χ3v) is 6.95. The monoisotopic (exact) mass is 474 g/mol. The summed E-state index contributed by atoms with van der Waals surface area (Å²) in [6.07, 6.45) is 2.16. The van der Waals surface area contributed by atoms with Crippen LogP contribution in [0.3, 0.4) is 0 Å². The Kier molecular flexibility index (Phi) is 9.59. The van der Waals surface area contributed by atoms with Crippen molar-refractivity contribution in [3.63, 3.8) is 0 Å². The van der Waals surface area contributed by atoms with Gasteiger partial charge in [0.05, 0.1) is 25.8 Å². The van der Waals surface area contributed by atoms with Crippen LogP contribution in [0.5, 0.6) is 11.5 Å². The van der Waals surface area contributed by atoms with E-state index in [1.54, 1.807) is 18.4 Å². The second-order valence-corrected chi connectivity index (χ2v) is 10.2. The zero-order chi connectivity index (χ0) is 23.8. The molecule has 0 unspecified atom stereocenters. The lowest BCUT2D eigenvalue weighted by Gasteiger charge is -2.37. The normalized spacial score (nSPS) is 16.7. The number of carbonyl (C=O) groups is 1. The van der Waals surface area contributed by atoms with Gasteiger partial charge in [-0.1, -0.05) is 27.2 Å². The van der Waals surface area contributed by atoms with E-state index in [2.05, 4.69) is 37.1 Å². The molecule has 1 N–H and O–H groups in total. The summed E-state index contributed by atoms with van der Waals surface area (Å²) in [5, 5.41) is 12.5. The molecule has 7 heteroatoms. The number of aliphatic hydroxyl groups excluding tert-OH is 1. The van der Waals surface area contributed by atoms with E-state index >= 15 is 0 Å². The number of fused-ring (bicyclic) bond motifs is 1. The number of benzene rings is 1. The fourth-order valence-electron chi connectivity index (χ4n) is 4.45. The molecule has 3 rings (SSSR count). The Morgan fingerprint density at radius 3 is 2.61 bits per heavy atom. The average Bonchev–Trinajstić information content (AvgIpc) is 3.26. The Hall–Kier alpha value is -2.09. The zero-order valence-corrected chi connectivity index (χ0v) is 21.1. The Morgan fingerprint density at radius 2 is 1.94 bits per heavy atom. The van der Waals surface area contributed by atoms with Gasteiger partial charge in [-0.05, 0) is 60.0 Å². The van der Waals surface area contributed by atoms with E-state index in [-0.39, 0.29) is 11.9 Å². The molecule has 6 nitrogen and oxygen atoms in total. The molecule has 0 bridgehead atoms. The highest BCUT2D eigenvalue weighted by Gasteiger charge is 2.33. The standard InChI is InChI=1S/C26H38N2O4S/c1-5-6-20(29)16-27(15-19(2)3)17-26(30)28-13-11-25-23(12-14-33-25)24(28)18-32-22-9-7-21(31-4)8-10-22/h7-10,12,14,19-20,24,29H,5-6,11,13,15-18H2,1-4H3/t20-,24+/m1/s1. The molecule has 0 spiro atoms. The molecule has 33 heavy (non-hydrogen) atoms. The molecular weight excluding hydrogens is 436 g/mol. The highest BCUT2D eigenvalue weighted by molar-refractivity contribution is 7.10. The third-order valence-electron chi connectivity index (χ3n) is 5.96. The van der Waals surface area contributed by atoms with Gasteiger partial charge in [-0.15, -0.1) is 11.3 Å². The van der Waals surface area contributed by atoms with Crippen molar-refractivity contribution in [3.8, 4) is 11.5 Å². The summed E-state index contributed by atoms with van der Waals surface area (Å²) in [4.78, 5) is 18.9. The SMILES string of the molecule is CCC[C@@H](O)CN(CC(=O)N1CCc2sccc2[C@@H]1COc1ccc(OC)cc1)CC(C)C. The van der Waals surface area contributed by atoms with Crippen LogP contribution in [0, 0.1) is 5.92 Å². The number of ether oxygens (including phenoxy) is 2. The molecule has 2 heterocycles. The molecule has 1 aliphatic heterocycles. The second-order valence-electron chi connectivity index (χ2n) is 9.17. The smallest absolute Gasteiger partial charge is 0.237 e. The van der Waals surface area contributed by atoms with E-state index in [0.29, 0.717) is 32.2 Å². The molecule has 1 amide bonds. The van der Waals surface area contributed by atoms with E-state index in [9.17, 15) is 9.90 Å². The van der Waals surface area contributed by atoms with Crippen molar-refractivity contribution in [1.29, 1.82) is 0 Å². The molecule has 0 fully saturated rings. The number of rotatable bonds is 12. The van der Waals surface area contributed by atoms with Gasteiger partial charge in [-0.2, -0.15) is 0 Å². The molecule has 1 aliphatic rings. The summed E-state index contributed by atoms with van der Waals surface area (Å²) in [5.74, 6) is 2.06. The van der Waals surface area contributed by atoms with Crippen molar-refractivity contribution in [3.05, 3.63) is 46.2 Å². The Balaban J connectivity index is 1.71. The van der Waals surface area contributed by atoms with E-state index < -0.39 is 6.10 Å². The first-order chi connectivity index (χ1) is 15.9. The first kappa shape index (κ1) is 25.5. The summed E-state index contributed by atoms with van der Waals surface area (Å²) in [5.41, 5.74) is 1.19. The number of nitrogens with zero attached hydrogens (tertiary/aromatic N) is 2. The number of aliphatic hydroxyl groups is 1. The molecular formula is C26H38N2O4S. The summed E-state index contributed by atoms with van der Waals surface area (Å²) in [7, 11) is 1.64. The lowest BCUT2D eigenvalue weighted by atomic mass is 10.00. The van der Waals surface area contributed by atoms with Gasteiger partial charge in [-0.3, -0.25) is 9.69 Å². The van der Waals surface area contributed by atoms with Crippen molar-refractivity contribution in [2.24, 2.45) is 5.92 Å². The van der Waals surface area contributed by atoms with Crippen LogP contribution in [-0.4, -0.2) is 66.8 Å². The predicted octanol–water partition coefficient (Wildman–Crippen LogP) is 4.38. The number of amides is 1. The van der Waals surface area contributed by atoms with Gasteiger partial charge in [0, 0.05) is 24.5 Å². The molecule has 0 radical (unpaired) electrons. The summed E-state index contributed by atoms with van der Waals surface area (Å²) in [6.45, 7) is 9.10. The highest BCUT2D eigenvalue weighted by Crippen LogP contribution is 2.34. The van der Waals surface area contributed by atoms with Gasteiger partial charge in [0.25, 0.3) is 0 Å².